The highest BCUT2D eigenvalue weighted by atomic mass is 79.9. The number of hydrogen-bond acceptors (Lipinski definition) is 2. The fraction of sp³-hybridized carbons (Fsp3) is 0.333. The number of benzene rings is 2. The Hall–Kier alpha value is -1.32. The molecule has 0 saturated heterocycles. The van der Waals surface area contributed by atoms with Crippen molar-refractivity contribution in [3.05, 3.63) is 63.6 Å². The SMILES string of the molecule is CNC(Cc1ccc(C)cc1)Cc1cc(OC)ccc1Br. The first-order valence-corrected chi connectivity index (χ1v) is 7.97. The topological polar surface area (TPSA) is 21.3 Å². The van der Waals surface area contributed by atoms with E-state index in [1.807, 2.05) is 19.2 Å². The lowest BCUT2D eigenvalue weighted by atomic mass is 9.98. The molecule has 2 aromatic rings. The van der Waals surface area contributed by atoms with Crippen molar-refractivity contribution in [2.45, 2.75) is 25.8 Å². The smallest absolute Gasteiger partial charge is 0.119 e. The molecule has 0 spiro atoms. The number of halogens is 1. The lowest BCUT2D eigenvalue weighted by Gasteiger charge is -2.18. The van der Waals surface area contributed by atoms with Gasteiger partial charge >= 0.3 is 0 Å². The normalized spacial score (nSPS) is 12.2. The van der Waals surface area contributed by atoms with E-state index in [1.54, 1.807) is 7.11 Å². The third-order valence-corrected chi connectivity index (χ3v) is 4.50. The van der Waals surface area contributed by atoms with Crippen molar-refractivity contribution in [1.82, 2.24) is 5.32 Å². The van der Waals surface area contributed by atoms with Crippen LogP contribution in [-0.2, 0) is 12.8 Å². The summed E-state index contributed by atoms with van der Waals surface area (Å²) in [5.74, 6) is 0.901. The Kier molecular flexibility index (Phi) is 5.83. The van der Waals surface area contributed by atoms with Crippen LogP contribution in [0.3, 0.4) is 0 Å². The van der Waals surface area contributed by atoms with Gasteiger partial charge in [-0.3, -0.25) is 0 Å². The fourth-order valence-electron chi connectivity index (χ4n) is 2.38. The maximum atomic E-state index is 5.32. The number of rotatable bonds is 6. The molecule has 112 valence electrons. The minimum absolute atomic E-state index is 0.399. The van der Waals surface area contributed by atoms with Crippen LogP contribution in [0.2, 0.25) is 0 Å². The zero-order valence-electron chi connectivity index (χ0n) is 12.8. The number of likely N-dealkylation sites (N-methyl/N-ethyl adjacent to an activating group) is 1. The van der Waals surface area contributed by atoms with Gasteiger partial charge in [0.25, 0.3) is 0 Å². The average Bonchev–Trinajstić information content (AvgIpc) is 2.50. The molecular weight excluding hydrogens is 326 g/mol. The second-order valence-electron chi connectivity index (χ2n) is 5.34. The summed E-state index contributed by atoms with van der Waals surface area (Å²) < 4.78 is 6.45. The molecule has 0 radical (unpaired) electrons. The molecule has 0 heterocycles. The van der Waals surface area contributed by atoms with E-state index in [-0.39, 0.29) is 0 Å². The molecule has 0 aliphatic heterocycles. The van der Waals surface area contributed by atoms with E-state index in [0.29, 0.717) is 6.04 Å². The number of methoxy groups -OCH3 is 1. The molecule has 0 saturated carbocycles. The largest absolute Gasteiger partial charge is 0.497 e. The van der Waals surface area contributed by atoms with Crippen LogP contribution < -0.4 is 10.1 Å². The number of hydrogen-bond donors (Lipinski definition) is 1. The molecular formula is C18H22BrNO. The molecule has 1 atom stereocenters. The second kappa shape index (κ2) is 7.62. The molecule has 0 aliphatic rings. The minimum atomic E-state index is 0.399. The zero-order chi connectivity index (χ0) is 15.2. The predicted molar refractivity (Wildman–Crippen MR) is 92.1 cm³/mol. The van der Waals surface area contributed by atoms with Crippen molar-refractivity contribution < 1.29 is 4.74 Å². The Morgan fingerprint density at radius 2 is 1.81 bits per heavy atom. The maximum Gasteiger partial charge on any atom is 0.119 e. The highest BCUT2D eigenvalue weighted by Crippen LogP contribution is 2.24. The minimum Gasteiger partial charge on any atom is -0.497 e. The number of aryl methyl sites for hydroxylation is 1. The molecule has 0 aromatic heterocycles. The lowest BCUT2D eigenvalue weighted by molar-refractivity contribution is 0.413. The van der Waals surface area contributed by atoms with E-state index < -0.39 is 0 Å². The quantitative estimate of drug-likeness (QED) is 0.847. The molecule has 2 nitrogen and oxygen atoms in total. The van der Waals surface area contributed by atoms with Gasteiger partial charge in [-0.15, -0.1) is 0 Å². The summed E-state index contributed by atoms with van der Waals surface area (Å²) in [6.45, 7) is 2.12. The lowest BCUT2D eigenvalue weighted by Crippen LogP contribution is -2.30. The number of ether oxygens (including phenoxy) is 1. The van der Waals surface area contributed by atoms with Gasteiger partial charge in [0.15, 0.2) is 0 Å². The van der Waals surface area contributed by atoms with Gasteiger partial charge in [-0.05, 0) is 56.1 Å². The van der Waals surface area contributed by atoms with Crippen LogP contribution in [0.25, 0.3) is 0 Å². The van der Waals surface area contributed by atoms with E-state index in [1.165, 1.54) is 16.7 Å². The summed E-state index contributed by atoms with van der Waals surface area (Å²) in [7, 11) is 3.72. The number of nitrogens with one attached hydrogen (secondary N) is 1. The van der Waals surface area contributed by atoms with Crippen molar-refractivity contribution in [2.24, 2.45) is 0 Å². The molecule has 1 unspecified atom stereocenters. The van der Waals surface area contributed by atoms with Gasteiger partial charge in [0.2, 0.25) is 0 Å². The van der Waals surface area contributed by atoms with E-state index in [9.17, 15) is 0 Å². The summed E-state index contributed by atoms with van der Waals surface area (Å²) >= 11 is 3.63. The van der Waals surface area contributed by atoms with Crippen molar-refractivity contribution in [3.8, 4) is 5.75 Å². The van der Waals surface area contributed by atoms with Gasteiger partial charge in [0.05, 0.1) is 7.11 Å². The molecule has 2 rings (SSSR count). The molecule has 0 amide bonds. The molecule has 21 heavy (non-hydrogen) atoms. The Balaban J connectivity index is 2.10. The van der Waals surface area contributed by atoms with Crippen LogP contribution in [-0.4, -0.2) is 20.2 Å². The summed E-state index contributed by atoms with van der Waals surface area (Å²) in [5, 5.41) is 3.42. The van der Waals surface area contributed by atoms with E-state index in [4.69, 9.17) is 4.74 Å². The first-order chi connectivity index (χ1) is 10.1. The maximum absolute atomic E-state index is 5.32. The molecule has 0 bridgehead atoms. The van der Waals surface area contributed by atoms with Gasteiger partial charge < -0.3 is 10.1 Å². The molecule has 2 aromatic carbocycles. The monoisotopic (exact) mass is 347 g/mol. The predicted octanol–water partition coefficient (Wildman–Crippen LogP) is 4.14. The molecule has 3 heteroatoms. The first kappa shape index (κ1) is 16.1. The third kappa shape index (κ3) is 4.58. The summed E-state index contributed by atoms with van der Waals surface area (Å²) in [5.41, 5.74) is 3.93. The fourth-order valence-corrected chi connectivity index (χ4v) is 2.79. The molecule has 0 fully saturated rings. The highest BCUT2D eigenvalue weighted by molar-refractivity contribution is 9.10. The molecule has 1 N–H and O–H groups in total. The van der Waals surface area contributed by atoms with Crippen molar-refractivity contribution in [1.29, 1.82) is 0 Å². The van der Waals surface area contributed by atoms with Gasteiger partial charge in [-0.1, -0.05) is 45.8 Å². The van der Waals surface area contributed by atoms with Crippen LogP contribution in [0.1, 0.15) is 16.7 Å². The highest BCUT2D eigenvalue weighted by Gasteiger charge is 2.11. The van der Waals surface area contributed by atoms with Crippen molar-refractivity contribution >= 4 is 15.9 Å². The van der Waals surface area contributed by atoms with Gasteiger partial charge in [0, 0.05) is 10.5 Å². The average molecular weight is 348 g/mol. The van der Waals surface area contributed by atoms with Crippen LogP contribution >= 0.6 is 15.9 Å². The molecule has 0 aliphatic carbocycles. The van der Waals surface area contributed by atoms with E-state index in [0.717, 1.165) is 23.1 Å². The van der Waals surface area contributed by atoms with Crippen LogP contribution in [0.15, 0.2) is 46.9 Å². The Labute approximate surface area is 135 Å². The van der Waals surface area contributed by atoms with Crippen LogP contribution in [0.5, 0.6) is 5.75 Å². The Morgan fingerprint density at radius 1 is 1.10 bits per heavy atom. The van der Waals surface area contributed by atoms with Crippen molar-refractivity contribution in [3.63, 3.8) is 0 Å². The third-order valence-electron chi connectivity index (χ3n) is 3.73. The zero-order valence-corrected chi connectivity index (χ0v) is 14.4. The van der Waals surface area contributed by atoms with Gasteiger partial charge in [-0.2, -0.15) is 0 Å². The summed E-state index contributed by atoms with van der Waals surface area (Å²) in [6, 6.07) is 15.3. The van der Waals surface area contributed by atoms with Crippen LogP contribution in [0, 0.1) is 6.92 Å². The summed E-state index contributed by atoms with van der Waals surface area (Å²) in [4.78, 5) is 0. The van der Waals surface area contributed by atoms with Gasteiger partial charge in [0.1, 0.15) is 5.75 Å². The van der Waals surface area contributed by atoms with E-state index in [2.05, 4.69) is 58.5 Å². The Bertz CT molecular complexity index is 580. The van der Waals surface area contributed by atoms with Gasteiger partial charge in [-0.25, -0.2) is 0 Å². The Morgan fingerprint density at radius 3 is 2.43 bits per heavy atom. The second-order valence-corrected chi connectivity index (χ2v) is 6.19. The first-order valence-electron chi connectivity index (χ1n) is 7.17. The van der Waals surface area contributed by atoms with Crippen molar-refractivity contribution in [2.75, 3.05) is 14.2 Å². The van der Waals surface area contributed by atoms with Crippen LogP contribution in [0.4, 0.5) is 0 Å². The van der Waals surface area contributed by atoms with E-state index >= 15 is 0 Å². The standard InChI is InChI=1S/C18H22BrNO/c1-13-4-6-14(7-5-13)10-16(20-2)11-15-12-17(21-3)8-9-18(15)19/h4-9,12,16,20H,10-11H2,1-3H3. The summed E-state index contributed by atoms with van der Waals surface area (Å²) in [6.07, 6.45) is 1.97.